The summed E-state index contributed by atoms with van der Waals surface area (Å²) in [6, 6.07) is 15.5. The molecular formula is C22H23N3O3S. The number of aromatic nitrogens is 1. The van der Waals surface area contributed by atoms with Gasteiger partial charge in [-0.2, -0.15) is 0 Å². The molecule has 0 unspecified atom stereocenters. The molecule has 3 aromatic rings. The van der Waals surface area contributed by atoms with Gasteiger partial charge in [0.1, 0.15) is 5.75 Å². The average Bonchev–Trinajstić information content (AvgIpc) is 3.20. The average molecular weight is 410 g/mol. The van der Waals surface area contributed by atoms with Crippen LogP contribution in [0.3, 0.4) is 0 Å². The van der Waals surface area contributed by atoms with Crippen molar-refractivity contribution in [3.05, 3.63) is 58.9 Å². The molecule has 150 valence electrons. The van der Waals surface area contributed by atoms with E-state index >= 15 is 0 Å². The Bertz CT molecular complexity index is 948. The second kappa shape index (κ2) is 9.07. The summed E-state index contributed by atoms with van der Waals surface area (Å²) in [5.74, 6) is 0.460. The Balaban J connectivity index is 1.27. The first kappa shape index (κ1) is 19.4. The van der Waals surface area contributed by atoms with Gasteiger partial charge in [-0.25, -0.2) is 4.98 Å². The van der Waals surface area contributed by atoms with Crippen LogP contribution in [-0.4, -0.2) is 43.8 Å². The highest BCUT2D eigenvalue weighted by molar-refractivity contribution is 7.09. The van der Waals surface area contributed by atoms with Crippen LogP contribution < -0.4 is 15.0 Å². The zero-order valence-corrected chi connectivity index (χ0v) is 17.1. The number of morpholine rings is 1. The standard InChI is InChI=1S/C22H23N3O3S/c1-16-23-21(15-29-16)17-2-8-20(9-3-17)28-14-22(26)24-18-4-6-19(7-5-18)25-10-12-27-13-11-25/h2-9,15H,10-14H2,1H3,(H,24,26). The van der Waals surface area contributed by atoms with Gasteiger partial charge in [0.05, 0.1) is 23.9 Å². The first-order valence-corrected chi connectivity index (χ1v) is 10.4. The molecule has 1 aromatic heterocycles. The fourth-order valence-electron chi connectivity index (χ4n) is 3.14. The molecule has 1 amide bonds. The van der Waals surface area contributed by atoms with Crippen LogP contribution in [-0.2, 0) is 9.53 Å². The minimum atomic E-state index is -0.191. The number of benzene rings is 2. The van der Waals surface area contributed by atoms with E-state index in [9.17, 15) is 4.79 Å². The molecular weight excluding hydrogens is 386 g/mol. The van der Waals surface area contributed by atoms with Crippen molar-refractivity contribution >= 4 is 28.6 Å². The van der Waals surface area contributed by atoms with Gasteiger partial charge in [-0.15, -0.1) is 11.3 Å². The Hall–Kier alpha value is -2.90. The van der Waals surface area contributed by atoms with Crippen molar-refractivity contribution in [2.75, 3.05) is 43.1 Å². The maximum absolute atomic E-state index is 12.2. The van der Waals surface area contributed by atoms with Gasteiger partial charge < -0.3 is 19.7 Å². The molecule has 1 N–H and O–H groups in total. The molecule has 0 saturated carbocycles. The second-order valence-electron chi connectivity index (χ2n) is 6.76. The van der Waals surface area contributed by atoms with Crippen LogP contribution in [0.15, 0.2) is 53.9 Å². The first-order valence-electron chi connectivity index (χ1n) is 9.55. The number of carbonyl (C=O) groups excluding carboxylic acids is 1. The molecule has 6 nitrogen and oxygen atoms in total. The van der Waals surface area contributed by atoms with Gasteiger partial charge >= 0.3 is 0 Å². The Morgan fingerprint density at radius 3 is 2.52 bits per heavy atom. The fraction of sp³-hybridized carbons (Fsp3) is 0.273. The van der Waals surface area contributed by atoms with Crippen LogP contribution >= 0.6 is 11.3 Å². The molecule has 0 aliphatic carbocycles. The summed E-state index contributed by atoms with van der Waals surface area (Å²) in [7, 11) is 0. The van der Waals surface area contributed by atoms with Crippen LogP contribution in [0.5, 0.6) is 5.75 Å². The summed E-state index contributed by atoms with van der Waals surface area (Å²) in [5.41, 5.74) is 3.88. The summed E-state index contributed by atoms with van der Waals surface area (Å²) in [6.07, 6.45) is 0. The fourth-order valence-corrected chi connectivity index (χ4v) is 3.76. The third-order valence-corrected chi connectivity index (χ3v) is 5.44. The summed E-state index contributed by atoms with van der Waals surface area (Å²) in [4.78, 5) is 18.9. The number of anilines is 2. The van der Waals surface area contributed by atoms with E-state index in [1.165, 1.54) is 0 Å². The second-order valence-corrected chi connectivity index (χ2v) is 7.82. The summed E-state index contributed by atoms with van der Waals surface area (Å²) in [6.45, 7) is 5.22. The first-order chi connectivity index (χ1) is 14.2. The van der Waals surface area contributed by atoms with Crippen LogP contribution in [0.1, 0.15) is 5.01 Å². The predicted octanol–water partition coefficient (Wildman–Crippen LogP) is 3.97. The zero-order valence-electron chi connectivity index (χ0n) is 16.3. The number of thiazole rings is 1. The highest BCUT2D eigenvalue weighted by Crippen LogP contribution is 2.24. The van der Waals surface area contributed by atoms with Crippen LogP contribution in [0, 0.1) is 6.92 Å². The number of hydrogen-bond donors (Lipinski definition) is 1. The third-order valence-electron chi connectivity index (χ3n) is 4.67. The number of ether oxygens (including phenoxy) is 2. The largest absolute Gasteiger partial charge is 0.484 e. The minimum absolute atomic E-state index is 0.0413. The van der Waals surface area contributed by atoms with Gasteiger partial charge in [0.2, 0.25) is 0 Å². The van der Waals surface area contributed by atoms with Crippen molar-refractivity contribution in [1.82, 2.24) is 4.98 Å². The molecule has 4 rings (SSSR count). The minimum Gasteiger partial charge on any atom is -0.484 e. The van der Waals surface area contributed by atoms with E-state index in [0.717, 1.165) is 53.9 Å². The van der Waals surface area contributed by atoms with Gasteiger partial charge in [0.15, 0.2) is 6.61 Å². The number of aryl methyl sites for hydroxylation is 1. The van der Waals surface area contributed by atoms with Crippen LogP contribution in [0.4, 0.5) is 11.4 Å². The number of rotatable bonds is 6. The van der Waals surface area contributed by atoms with Gasteiger partial charge in [0, 0.05) is 35.4 Å². The number of hydrogen-bond acceptors (Lipinski definition) is 6. The Morgan fingerprint density at radius 2 is 1.86 bits per heavy atom. The maximum atomic E-state index is 12.2. The van der Waals surface area contributed by atoms with Gasteiger partial charge in [-0.3, -0.25) is 4.79 Å². The van der Waals surface area contributed by atoms with E-state index in [1.807, 2.05) is 60.8 Å². The van der Waals surface area contributed by atoms with Gasteiger partial charge in [0.25, 0.3) is 5.91 Å². The van der Waals surface area contributed by atoms with E-state index in [0.29, 0.717) is 5.75 Å². The Kier molecular flexibility index (Phi) is 6.07. The topological polar surface area (TPSA) is 63.7 Å². The highest BCUT2D eigenvalue weighted by atomic mass is 32.1. The normalized spacial score (nSPS) is 13.9. The van der Waals surface area contributed by atoms with E-state index in [4.69, 9.17) is 9.47 Å². The highest BCUT2D eigenvalue weighted by Gasteiger charge is 2.11. The molecule has 0 radical (unpaired) electrons. The van der Waals surface area contributed by atoms with E-state index < -0.39 is 0 Å². The number of amides is 1. The molecule has 2 aromatic carbocycles. The molecule has 29 heavy (non-hydrogen) atoms. The van der Waals surface area contributed by atoms with Crippen molar-refractivity contribution in [3.63, 3.8) is 0 Å². The lowest BCUT2D eigenvalue weighted by molar-refractivity contribution is -0.118. The molecule has 7 heteroatoms. The van der Waals surface area contributed by atoms with E-state index in [-0.39, 0.29) is 12.5 Å². The van der Waals surface area contributed by atoms with E-state index in [1.54, 1.807) is 11.3 Å². The maximum Gasteiger partial charge on any atom is 0.262 e. The molecule has 0 spiro atoms. The lowest BCUT2D eigenvalue weighted by Crippen LogP contribution is -2.36. The lowest BCUT2D eigenvalue weighted by Gasteiger charge is -2.28. The molecule has 0 bridgehead atoms. The third kappa shape index (κ3) is 5.13. The van der Waals surface area contributed by atoms with Crippen molar-refractivity contribution in [2.45, 2.75) is 6.92 Å². The Labute approximate surface area is 174 Å². The van der Waals surface area contributed by atoms with Gasteiger partial charge in [-0.05, 0) is 55.5 Å². The molecule has 1 fully saturated rings. The number of carbonyl (C=O) groups is 1. The SMILES string of the molecule is Cc1nc(-c2ccc(OCC(=O)Nc3ccc(N4CCOCC4)cc3)cc2)cs1. The number of nitrogens with zero attached hydrogens (tertiary/aromatic N) is 2. The monoisotopic (exact) mass is 409 g/mol. The zero-order chi connectivity index (χ0) is 20.1. The molecule has 1 aliphatic heterocycles. The van der Waals surface area contributed by atoms with Crippen molar-refractivity contribution in [2.24, 2.45) is 0 Å². The van der Waals surface area contributed by atoms with E-state index in [2.05, 4.69) is 15.2 Å². The summed E-state index contributed by atoms with van der Waals surface area (Å²) < 4.78 is 11.0. The Morgan fingerprint density at radius 1 is 1.14 bits per heavy atom. The summed E-state index contributed by atoms with van der Waals surface area (Å²) in [5, 5.41) is 5.93. The van der Waals surface area contributed by atoms with Crippen molar-refractivity contribution in [3.8, 4) is 17.0 Å². The molecule has 0 atom stereocenters. The van der Waals surface area contributed by atoms with Gasteiger partial charge in [-0.1, -0.05) is 0 Å². The van der Waals surface area contributed by atoms with Crippen molar-refractivity contribution in [1.29, 1.82) is 0 Å². The van der Waals surface area contributed by atoms with Crippen LogP contribution in [0.2, 0.25) is 0 Å². The smallest absolute Gasteiger partial charge is 0.262 e. The molecule has 1 aliphatic rings. The predicted molar refractivity (Wildman–Crippen MR) is 116 cm³/mol. The number of nitrogens with one attached hydrogen (secondary N) is 1. The van der Waals surface area contributed by atoms with Crippen molar-refractivity contribution < 1.29 is 14.3 Å². The molecule has 2 heterocycles. The quantitative estimate of drug-likeness (QED) is 0.667. The lowest BCUT2D eigenvalue weighted by atomic mass is 10.2. The molecule has 1 saturated heterocycles. The summed E-state index contributed by atoms with van der Waals surface area (Å²) >= 11 is 1.62. The van der Waals surface area contributed by atoms with Crippen LogP contribution in [0.25, 0.3) is 11.3 Å².